The number of benzene rings is 3. The van der Waals surface area contributed by atoms with Crippen molar-refractivity contribution in [2.45, 2.75) is 13.5 Å². The first kappa shape index (κ1) is 20.3. The van der Waals surface area contributed by atoms with Crippen molar-refractivity contribution in [3.8, 4) is 11.4 Å². The Hall–Kier alpha value is -3.93. The van der Waals surface area contributed by atoms with Crippen LogP contribution < -0.4 is 10.2 Å². The lowest BCUT2D eigenvalue weighted by Crippen LogP contribution is -2.17. The molecule has 3 aromatic carbocycles. The Morgan fingerprint density at radius 1 is 0.968 bits per heavy atom. The molecule has 0 aliphatic heterocycles. The molecule has 0 saturated carbocycles. The number of aryl methyl sites for hydroxylation is 1. The molecule has 4 rings (SSSR count). The number of aromatic nitrogens is 3. The van der Waals surface area contributed by atoms with Crippen molar-refractivity contribution in [1.82, 2.24) is 14.8 Å². The first-order chi connectivity index (χ1) is 15.0. The monoisotopic (exact) mass is 411 g/mol. The molecule has 1 heterocycles. The van der Waals surface area contributed by atoms with Crippen LogP contribution in [0, 0.1) is 6.92 Å². The maximum absolute atomic E-state index is 13.2. The molecule has 0 fully saturated rings. The number of hydrogen-bond acceptors (Lipinski definition) is 5. The molecule has 0 aliphatic carbocycles. The van der Waals surface area contributed by atoms with Crippen molar-refractivity contribution in [2.75, 3.05) is 24.3 Å². The lowest BCUT2D eigenvalue weighted by molar-refractivity contribution is 0.0947. The van der Waals surface area contributed by atoms with E-state index < -0.39 is 0 Å². The third kappa shape index (κ3) is 4.64. The van der Waals surface area contributed by atoms with Crippen LogP contribution in [0.15, 0.2) is 78.9 Å². The highest BCUT2D eigenvalue weighted by Crippen LogP contribution is 2.20. The summed E-state index contributed by atoms with van der Waals surface area (Å²) in [4.78, 5) is 19.9. The second kappa shape index (κ2) is 8.83. The number of anilines is 2. The van der Waals surface area contributed by atoms with Gasteiger partial charge < -0.3 is 10.2 Å². The fourth-order valence-corrected chi connectivity index (χ4v) is 3.27. The predicted molar refractivity (Wildman–Crippen MR) is 124 cm³/mol. The van der Waals surface area contributed by atoms with Gasteiger partial charge in [-0.3, -0.25) is 4.79 Å². The number of rotatable bonds is 6. The third-order valence-corrected chi connectivity index (χ3v) is 5.00. The van der Waals surface area contributed by atoms with Crippen molar-refractivity contribution >= 4 is 17.5 Å². The summed E-state index contributed by atoms with van der Waals surface area (Å²) in [5, 5.41) is 7.81. The van der Waals surface area contributed by atoms with Crippen LogP contribution in [0.5, 0.6) is 0 Å². The van der Waals surface area contributed by atoms with E-state index in [1.807, 2.05) is 69.6 Å². The highest BCUT2D eigenvalue weighted by Gasteiger charge is 2.19. The zero-order chi connectivity index (χ0) is 21.8. The van der Waals surface area contributed by atoms with Crippen LogP contribution in [0.3, 0.4) is 0 Å². The normalized spacial score (nSPS) is 10.7. The molecule has 4 aromatic rings. The van der Waals surface area contributed by atoms with Crippen molar-refractivity contribution in [3.05, 3.63) is 95.6 Å². The summed E-state index contributed by atoms with van der Waals surface area (Å²) in [6.07, 6.45) is 0. The summed E-state index contributed by atoms with van der Waals surface area (Å²) >= 11 is 0. The number of carbonyl (C=O) groups is 1. The fourth-order valence-electron chi connectivity index (χ4n) is 3.27. The molecule has 0 bridgehead atoms. The van der Waals surface area contributed by atoms with E-state index in [1.165, 1.54) is 4.68 Å². The summed E-state index contributed by atoms with van der Waals surface area (Å²) in [5.41, 5.74) is 4.67. The molecular weight excluding hydrogens is 386 g/mol. The summed E-state index contributed by atoms with van der Waals surface area (Å²) < 4.78 is 1.35. The van der Waals surface area contributed by atoms with Gasteiger partial charge in [0.25, 0.3) is 5.91 Å². The quantitative estimate of drug-likeness (QED) is 0.502. The molecule has 6 heteroatoms. The number of nitrogens with one attached hydrogen (secondary N) is 1. The van der Waals surface area contributed by atoms with E-state index in [9.17, 15) is 4.79 Å². The van der Waals surface area contributed by atoms with Gasteiger partial charge in [0, 0.05) is 37.5 Å². The molecule has 1 aromatic heterocycles. The Morgan fingerprint density at radius 2 is 1.71 bits per heavy atom. The number of hydrogen-bond donors (Lipinski definition) is 1. The first-order valence-corrected chi connectivity index (χ1v) is 10.2. The van der Waals surface area contributed by atoms with Crippen molar-refractivity contribution in [2.24, 2.45) is 0 Å². The lowest BCUT2D eigenvalue weighted by Gasteiger charge is -2.13. The van der Waals surface area contributed by atoms with E-state index in [1.54, 1.807) is 6.07 Å². The summed E-state index contributed by atoms with van der Waals surface area (Å²) in [5.74, 6) is 0.706. The second-order valence-corrected chi connectivity index (χ2v) is 7.63. The second-order valence-electron chi connectivity index (χ2n) is 7.63. The Balaban J connectivity index is 1.64. The smallest absolute Gasteiger partial charge is 0.281 e. The van der Waals surface area contributed by atoms with Gasteiger partial charge in [0.05, 0.1) is 0 Å². The summed E-state index contributed by atoms with van der Waals surface area (Å²) in [6.45, 7) is 2.49. The van der Waals surface area contributed by atoms with Crippen LogP contribution in [0.1, 0.15) is 21.5 Å². The maximum atomic E-state index is 13.2. The van der Waals surface area contributed by atoms with E-state index in [-0.39, 0.29) is 5.91 Å². The van der Waals surface area contributed by atoms with Gasteiger partial charge in [0.1, 0.15) is 0 Å². The molecule has 1 N–H and O–H groups in total. The standard InChI is InChI=1S/C25H25N5O/c1-18-8-7-11-21(16-18)24(31)30-25(27-23(28-30)20-9-5-4-6-10-20)26-17-19-12-14-22(15-13-19)29(2)3/h4-16H,17H2,1-3H3,(H,26,27,28). The molecule has 0 radical (unpaired) electrons. The largest absolute Gasteiger partial charge is 0.378 e. The summed E-state index contributed by atoms with van der Waals surface area (Å²) in [7, 11) is 4.02. The Kier molecular flexibility index (Phi) is 5.80. The molecule has 0 atom stereocenters. The topological polar surface area (TPSA) is 63.1 Å². The average Bonchev–Trinajstić information content (AvgIpc) is 3.22. The molecule has 0 amide bonds. The molecule has 0 saturated heterocycles. The van der Waals surface area contributed by atoms with Crippen molar-refractivity contribution in [3.63, 3.8) is 0 Å². The molecule has 0 spiro atoms. The van der Waals surface area contributed by atoms with E-state index in [0.29, 0.717) is 23.9 Å². The number of nitrogens with zero attached hydrogens (tertiary/aromatic N) is 4. The molecule has 156 valence electrons. The first-order valence-electron chi connectivity index (χ1n) is 10.2. The van der Waals surface area contributed by atoms with Crippen LogP contribution in [0.2, 0.25) is 0 Å². The van der Waals surface area contributed by atoms with Crippen molar-refractivity contribution in [1.29, 1.82) is 0 Å². The van der Waals surface area contributed by atoms with Gasteiger partial charge in [-0.05, 0) is 36.8 Å². The minimum atomic E-state index is -0.219. The van der Waals surface area contributed by atoms with Gasteiger partial charge in [-0.15, -0.1) is 5.10 Å². The molecule has 6 nitrogen and oxygen atoms in total. The van der Waals surface area contributed by atoms with Crippen molar-refractivity contribution < 1.29 is 4.79 Å². The molecule has 31 heavy (non-hydrogen) atoms. The van der Waals surface area contributed by atoms with Crippen LogP contribution in [-0.2, 0) is 6.54 Å². The van der Waals surface area contributed by atoms with Gasteiger partial charge in [0.15, 0.2) is 5.82 Å². The lowest BCUT2D eigenvalue weighted by atomic mass is 10.1. The zero-order valence-corrected chi connectivity index (χ0v) is 17.9. The van der Waals surface area contributed by atoms with Gasteiger partial charge in [-0.25, -0.2) is 0 Å². The minimum Gasteiger partial charge on any atom is -0.378 e. The van der Waals surface area contributed by atoms with E-state index >= 15 is 0 Å². The summed E-state index contributed by atoms with van der Waals surface area (Å²) in [6, 6.07) is 25.4. The van der Waals surface area contributed by atoms with E-state index in [4.69, 9.17) is 0 Å². The van der Waals surface area contributed by atoms with Crippen LogP contribution in [0.4, 0.5) is 11.6 Å². The molecule has 0 unspecified atom stereocenters. The minimum absolute atomic E-state index is 0.219. The zero-order valence-electron chi connectivity index (χ0n) is 17.9. The Bertz CT molecular complexity index is 1180. The van der Waals surface area contributed by atoms with Crippen LogP contribution in [-0.4, -0.2) is 34.8 Å². The fraction of sp³-hybridized carbons (Fsp3) is 0.160. The van der Waals surface area contributed by atoms with Crippen LogP contribution in [0.25, 0.3) is 11.4 Å². The average molecular weight is 412 g/mol. The van der Waals surface area contributed by atoms with E-state index in [0.717, 1.165) is 22.4 Å². The Morgan fingerprint density at radius 3 is 2.39 bits per heavy atom. The van der Waals surface area contributed by atoms with Crippen LogP contribution >= 0.6 is 0 Å². The highest BCUT2D eigenvalue weighted by atomic mass is 16.2. The third-order valence-electron chi connectivity index (χ3n) is 5.00. The van der Waals surface area contributed by atoms with Gasteiger partial charge >= 0.3 is 0 Å². The molecular formula is C25H25N5O. The van der Waals surface area contributed by atoms with Gasteiger partial charge in [-0.1, -0.05) is 60.2 Å². The van der Waals surface area contributed by atoms with E-state index in [2.05, 4.69) is 44.6 Å². The SMILES string of the molecule is Cc1cccc(C(=O)n2nc(-c3ccccc3)nc2NCc2ccc(N(C)C)cc2)c1. The Labute approximate surface area is 182 Å². The van der Waals surface area contributed by atoms with Gasteiger partial charge in [-0.2, -0.15) is 9.67 Å². The maximum Gasteiger partial charge on any atom is 0.281 e. The number of carbonyl (C=O) groups excluding carboxylic acids is 1. The predicted octanol–water partition coefficient (Wildman–Crippen LogP) is 4.62. The highest BCUT2D eigenvalue weighted by molar-refractivity contribution is 5.97. The van der Waals surface area contributed by atoms with Gasteiger partial charge in [0.2, 0.25) is 5.95 Å². The molecule has 0 aliphatic rings.